The van der Waals surface area contributed by atoms with E-state index in [0.717, 1.165) is 5.56 Å². The number of pyridine rings is 1. The molecule has 2 rings (SSSR count). The molecule has 0 aliphatic heterocycles. The zero-order valence-corrected chi connectivity index (χ0v) is 16.4. The fraction of sp³-hybridized carbons (Fsp3) is 0.316. The Balaban J connectivity index is 2.12. The van der Waals surface area contributed by atoms with Gasteiger partial charge in [0.2, 0.25) is 5.91 Å². The first-order valence-electron chi connectivity index (χ1n) is 8.20. The van der Waals surface area contributed by atoms with Crippen LogP contribution in [-0.4, -0.2) is 34.8 Å². The fourth-order valence-electron chi connectivity index (χ4n) is 2.48. The summed E-state index contributed by atoms with van der Waals surface area (Å²) in [6.45, 7) is 4.07. The average Bonchev–Trinajstić information content (AvgIpc) is 2.63. The van der Waals surface area contributed by atoms with Gasteiger partial charge in [0.25, 0.3) is 5.91 Å². The van der Waals surface area contributed by atoms with E-state index in [1.807, 2.05) is 19.9 Å². The van der Waals surface area contributed by atoms with E-state index < -0.39 is 6.04 Å². The summed E-state index contributed by atoms with van der Waals surface area (Å²) < 4.78 is 0. The third-order valence-corrected chi connectivity index (χ3v) is 4.84. The number of aromatic nitrogens is 1. The summed E-state index contributed by atoms with van der Waals surface area (Å²) >= 11 is 12.2. The molecule has 1 atom stereocenters. The third kappa shape index (κ3) is 4.96. The first kappa shape index (κ1) is 20.2. The predicted molar refractivity (Wildman–Crippen MR) is 103 cm³/mol. The minimum atomic E-state index is -0.654. The molecule has 0 fully saturated rings. The van der Waals surface area contributed by atoms with Gasteiger partial charge < -0.3 is 10.2 Å². The van der Waals surface area contributed by atoms with Crippen molar-refractivity contribution in [2.75, 3.05) is 7.05 Å². The first-order chi connectivity index (χ1) is 12.3. The molecule has 1 aromatic carbocycles. The van der Waals surface area contributed by atoms with Crippen LogP contribution in [0.25, 0.3) is 0 Å². The maximum absolute atomic E-state index is 12.9. The molecule has 0 saturated carbocycles. The van der Waals surface area contributed by atoms with Crippen molar-refractivity contribution in [1.82, 2.24) is 15.2 Å². The molecule has 0 bridgehead atoms. The molecule has 138 valence electrons. The van der Waals surface area contributed by atoms with Crippen LogP contribution in [0.5, 0.6) is 0 Å². The van der Waals surface area contributed by atoms with Crippen LogP contribution in [0.1, 0.15) is 29.8 Å². The average molecular weight is 394 g/mol. The highest BCUT2D eigenvalue weighted by Gasteiger charge is 2.27. The van der Waals surface area contributed by atoms with Gasteiger partial charge in [-0.3, -0.25) is 14.6 Å². The van der Waals surface area contributed by atoms with Crippen molar-refractivity contribution in [3.63, 3.8) is 0 Å². The Kier molecular flexibility index (Phi) is 7.00. The number of benzene rings is 1. The smallest absolute Gasteiger partial charge is 0.252 e. The molecule has 1 heterocycles. The van der Waals surface area contributed by atoms with Crippen molar-refractivity contribution in [1.29, 1.82) is 0 Å². The molecule has 0 aliphatic carbocycles. The molecule has 1 aromatic heterocycles. The summed E-state index contributed by atoms with van der Waals surface area (Å²) in [4.78, 5) is 30.7. The third-order valence-electron chi connectivity index (χ3n) is 3.98. The summed E-state index contributed by atoms with van der Waals surface area (Å²) in [5, 5.41) is 3.68. The maximum atomic E-state index is 12.9. The van der Waals surface area contributed by atoms with Gasteiger partial charge in [-0.2, -0.15) is 0 Å². The summed E-state index contributed by atoms with van der Waals surface area (Å²) in [5.41, 5.74) is 1.21. The van der Waals surface area contributed by atoms with Crippen molar-refractivity contribution in [2.45, 2.75) is 26.4 Å². The Morgan fingerprint density at radius 2 is 1.81 bits per heavy atom. The van der Waals surface area contributed by atoms with Gasteiger partial charge >= 0.3 is 0 Å². The quantitative estimate of drug-likeness (QED) is 0.811. The number of carbonyl (C=O) groups excluding carboxylic acids is 2. The Labute approximate surface area is 163 Å². The number of hydrogen-bond acceptors (Lipinski definition) is 3. The van der Waals surface area contributed by atoms with Gasteiger partial charge in [-0.05, 0) is 29.7 Å². The van der Waals surface area contributed by atoms with Crippen LogP contribution in [0.2, 0.25) is 10.0 Å². The Bertz CT molecular complexity index is 782. The number of carbonyl (C=O) groups is 2. The van der Waals surface area contributed by atoms with Crippen LogP contribution in [0.3, 0.4) is 0 Å². The second-order valence-electron chi connectivity index (χ2n) is 6.34. The topological polar surface area (TPSA) is 62.3 Å². The largest absolute Gasteiger partial charge is 0.340 e. The highest BCUT2D eigenvalue weighted by atomic mass is 35.5. The number of amides is 2. The normalized spacial score (nSPS) is 11.9. The van der Waals surface area contributed by atoms with E-state index in [1.54, 1.807) is 31.3 Å². The molecule has 26 heavy (non-hydrogen) atoms. The van der Waals surface area contributed by atoms with Gasteiger partial charge in [-0.25, -0.2) is 0 Å². The van der Waals surface area contributed by atoms with Crippen LogP contribution in [0.15, 0.2) is 42.7 Å². The molecular formula is C19H21Cl2N3O2. The number of rotatable bonds is 6. The van der Waals surface area contributed by atoms with Gasteiger partial charge in [-0.1, -0.05) is 49.2 Å². The lowest BCUT2D eigenvalue weighted by molar-refractivity contribution is -0.133. The van der Waals surface area contributed by atoms with Gasteiger partial charge in [0.1, 0.15) is 6.04 Å². The summed E-state index contributed by atoms with van der Waals surface area (Å²) in [5.74, 6) is -0.586. The lowest BCUT2D eigenvalue weighted by atomic mass is 10.0. The van der Waals surface area contributed by atoms with Crippen LogP contribution < -0.4 is 5.32 Å². The Morgan fingerprint density at radius 1 is 1.15 bits per heavy atom. The Hall–Kier alpha value is -2.11. The molecule has 0 aliphatic rings. The number of halogens is 2. The van der Waals surface area contributed by atoms with Crippen LogP contribution in [0.4, 0.5) is 0 Å². The zero-order valence-electron chi connectivity index (χ0n) is 14.9. The second kappa shape index (κ2) is 9.01. The van der Waals surface area contributed by atoms with Crippen molar-refractivity contribution in [2.24, 2.45) is 5.92 Å². The number of nitrogens with one attached hydrogen (secondary N) is 1. The van der Waals surface area contributed by atoms with Gasteiger partial charge in [0.15, 0.2) is 0 Å². The van der Waals surface area contributed by atoms with E-state index in [9.17, 15) is 9.59 Å². The van der Waals surface area contributed by atoms with Crippen molar-refractivity contribution in [3.05, 3.63) is 63.9 Å². The number of likely N-dealkylation sites (N-methyl/N-ethyl adjacent to an activating group) is 1. The van der Waals surface area contributed by atoms with Crippen LogP contribution in [0, 0.1) is 5.92 Å². The van der Waals surface area contributed by atoms with E-state index in [4.69, 9.17) is 23.2 Å². The summed E-state index contributed by atoms with van der Waals surface area (Å²) in [6, 6.07) is 7.85. The predicted octanol–water partition coefficient (Wildman–Crippen LogP) is 3.80. The monoisotopic (exact) mass is 393 g/mol. The zero-order chi connectivity index (χ0) is 19.3. The van der Waals surface area contributed by atoms with Crippen LogP contribution in [-0.2, 0) is 11.3 Å². The van der Waals surface area contributed by atoms with Crippen molar-refractivity contribution < 1.29 is 9.59 Å². The molecular weight excluding hydrogens is 373 g/mol. The standard InChI is InChI=1S/C19H21Cl2N3O2/c1-12(2)17(23-18(25)13-7-9-22-10-8-13)19(26)24(3)11-14-5-4-6-15(20)16(14)21/h4-10,12,17H,11H2,1-3H3,(H,23,25)/t17-/m1/s1. The molecule has 1 N–H and O–H groups in total. The van der Waals surface area contributed by atoms with E-state index in [2.05, 4.69) is 10.3 Å². The second-order valence-corrected chi connectivity index (χ2v) is 7.12. The van der Waals surface area contributed by atoms with E-state index >= 15 is 0 Å². The lowest BCUT2D eigenvalue weighted by Crippen LogP contribution is -2.50. The Morgan fingerprint density at radius 3 is 2.42 bits per heavy atom. The minimum absolute atomic E-state index is 0.0782. The molecule has 0 radical (unpaired) electrons. The molecule has 0 unspecified atom stereocenters. The van der Waals surface area contributed by atoms with Crippen LogP contribution >= 0.6 is 23.2 Å². The SMILES string of the molecule is CC(C)[C@@H](NC(=O)c1ccncc1)C(=O)N(C)Cc1cccc(Cl)c1Cl. The summed E-state index contributed by atoms with van der Waals surface area (Å²) in [7, 11) is 1.67. The maximum Gasteiger partial charge on any atom is 0.252 e. The van der Waals surface area contributed by atoms with Crippen molar-refractivity contribution >= 4 is 35.0 Å². The van der Waals surface area contributed by atoms with Gasteiger partial charge in [-0.15, -0.1) is 0 Å². The van der Waals surface area contributed by atoms with Gasteiger partial charge in [0, 0.05) is 31.5 Å². The van der Waals surface area contributed by atoms with E-state index in [-0.39, 0.29) is 17.7 Å². The molecule has 7 heteroatoms. The van der Waals surface area contributed by atoms with E-state index in [1.165, 1.54) is 17.3 Å². The highest BCUT2D eigenvalue weighted by Crippen LogP contribution is 2.26. The first-order valence-corrected chi connectivity index (χ1v) is 8.95. The van der Waals surface area contributed by atoms with Gasteiger partial charge in [0.05, 0.1) is 10.0 Å². The minimum Gasteiger partial charge on any atom is -0.340 e. The molecule has 0 saturated heterocycles. The number of nitrogens with zero attached hydrogens (tertiary/aromatic N) is 2. The number of hydrogen-bond donors (Lipinski definition) is 1. The highest BCUT2D eigenvalue weighted by molar-refractivity contribution is 6.42. The van der Waals surface area contributed by atoms with E-state index in [0.29, 0.717) is 22.2 Å². The lowest BCUT2D eigenvalue weighted by Gasteiger charge is -2.27. The molecule has 0 spiro atoms. The molecule has 2 amide bonds. The van der Waals surface area contributed by atoms with Crippen molar-refractivity contribution in [3.8, 4) is 0 Å². The molecule has 2 aromatic rings. The fourth-order valence-corrected chi connectivity index (χ4v) is 2.86. The summed E-state index contributed by atoms with van der Waals surface area (Å²) in [6.07, 6.45) is 3.07. The molecule has 5 nitrogen and oxygen atoms in total.